The van der Waals surface area contributed by atoms with Crippen LogP contribution >= 0.6 is 0 Å². The second kappa shape index (κ2) is 10.0. The molecule has 0 radical (unpaired) electrons. The fourth-order valence-corrected chi connectivity index (χ4v) is 3.85. The molecule has 3 N–H and O–H groups in total. The Morgan fingerprint density at radius 1 is 1.12 bits per heavy atom. The van der Waals surface area contributed by atoms with E-state index in [4.69, 9.17) is 14.6 Å². The molecular formula is C26H26N2O4. The minimum Gasteiger partial charge on any atom is -0.493 e. The van der Waals surface area contributed by atoms with Crippen molar-refractivity contribution < 1.29 is 19.4 Å². The summed E-state index contributed by atoms with van der Waals surface area (Å²) in [5, 5.41) is 15.0. The zero-order valence-electron chi connectivity index (χ0n) is 17.9. The number of methoxy groups -OCH3 is 1. The number of rotatable bonds is 7. The van der Waals surface area contributed by atoms with Crippen molar-refractivity contribution in [3.63, 3.8) is 0 Å². The first-order valence-corrected chi connectivity index (χ1v) is 10.5. The summed E-state index contributed by atoms with van der Waals surface area (Å²) in [6.07, 6.45) is 3.79. The maximum Gasteiger partial charge on any atom is 0.409 e. The Morgan fingerprint density at radius 2 is 1.91 bits per heavy atom. The molecule has 1 amide bonds. The van der Waals surface area contributed by atoms with Gasteiger partial charge < -0.3 is 19.9 Å². The van der Waals surface area contributed by atoms with Gasteiger partial charge in [-0.05, 0) is 46.9 Å². The molecule has 4 rings (SSSR count). The first kappa shape index (κ1) is 21.5. The molecule has 0 spiro atoms. The van der Waals surface area contributed by atoms with Gasteiger partial charge in [0.1, 0.15) is 6.61 Å². The van der Waals surface area contributed by atoms with Crippen molar-refractivity contribution in [3.05, 3.63) is 95.1 Å². The number of fused-ring (bicyclic) bond motifs is 1. The zero-order valence-corrected chi connectivity index (χ0v) is 17.9. The average Bonchev–Trinajstić information content (AvgIpc) is 2.82. The molecule has 164 valence electrons. The van der Waals surface area contributed by atoms with Crippen LogP contribution in [0, 0.1) is 0 Å². The number of para-hydroxylation sites is 1. The highest BCUT2D eigenvalue weighted by Crippen LogP contribution is 2.36. The lowest BCUT2D eigenvalue weighted by Crippen LogP contribution is -2.28. The van der Waals surface area contributed by atoms with E-state index >= 15 is 0 Å². The Labute approximate surface area is 187 Å². The van der Waals surface area contributed by atoms with Gasteiger partial charge in [-0.25, -0.2) is 4.79 Å². The topological polar surface area (TPSA) is 79.8 Å². The third-order valence-corrected chi connectivity index (χ3v) is 5.43. The van der Waals surface area contributed by atoms with Crippen LogP contribution in [0.5, 0.6) is 11.5 Å². The SMILES string of the molecule is COc1cc2c(cc1OCc1ccccc1)CCNC2C=Cc1ccccc1NC(=O)O. The molecule has 3 aromatic carbocycles. The van der Waals surface area contributed by atoms with E-state index in [1.165, 1.54) is 5.56 Å². The highest BCUT2D eigenvalue weighted by Gasteiger charge is 2.21. The van der Waals surface area contributed by atoms with E-state index in [2.05, 4.69) is 16.7 Å². The predicted molar refractivity (Wildman–Crippen MR) is 125 cm³/mol. The Bertz CT molecular complexity index is 1110. The van der Waals surface area contributed by atoms with E-state index in [0.29, 0.717) is 18.0 Å². The monoisotopic (exact) mass is 430 g/mol. The molecule has 32 heavy (non-hydrogen) atoms. The quantitative estimate of drug-likeness (QED) is 0.476. The first-order chi connectivity index (χ1) is 15.6. The molecule has 1 atom stereocenters. The van der Waals surface area contributed by atoms with Gasteiger partial charge in [-0.15, -0.1) is 0 Å². The number of carboxylic acid groups (broad SMARTS) is 1. The Morgan fingerprint density at radius 3 is 2.69 bits per heavy atom. The standard InChI is InChI=1S/C26H26N2O4/c1-31-24-16-21-20(15-25(24)32-17-18-7-3-2-4-8-18)13-14-27-23(21)12-11-19-9-5-6-10-22(19)28-26(29)30/h2-12,15-16,23,27-28H,13-14,17H2,1H3,(H,29,30). The van der Waals surface area contributed by atoms with Crippen LogP contribution in [0.15, 0.2) is 72.8 Å². The van der Waals surface area contributed by atoms with Gasteiger partial charge in [0.05, 0.1) is 18.8 Å². The van der Waals surface area contributed by atoms with Gasteiger partial charge in [0.2, 0.25) is 0 Å². The van der Waals surface area contributed by atoms with Crippen molar-refractivity contribution in [2.45, 2.75) is 19.1 Å². The van der Waals surface area contributed by atoms with Gasteiger partial charge in [0.15, 0.2) is 11.5 Å². The third-order valence-electron chi connectivity index (χ3n) is 5.43. The Kier molecular flexibility index (Phi) is 6.72. The highest BCUT2D eigenvalue weighted by molar-refractivity contribution is 5.86. The van der Waals surface area contributed by atoms with Crippen LogP contribution in [0.3, 0.4) is 0 Å². The van der Waals surface area contributed by atoms with Crippen molar-refractivity contribution in [2.75, 3.05) is 19.0 Å². The van der Waals surface area contributed by atoms with Crippen LogP contribution in [0.4, 0.5) is 10.5 Å². The van der Waals surface area contributed by atoms with E-state index in [1.54, 1.807) is 19.2 Å². The predicted octanol–water partition coefficient (Wildman–Crippen LogP) is 5.26. The van der Waals surface area contributed by atoms with Gasteiger partial charge in [0.25, 0.3) is 0 Å². The van der Waals surface area contributed by atoms with Crippen LogP contribution in [0.2, 0.25) is 0 Å². The number of nitrogens with one attached hydrogen (secondary N) is 2. The van der Waals surface area contributed by atoms with E-state index < -0.39 is 6.09 Å². The minimum atomic E-state index is -1.08. The number of hydrogen-bond acceptors (Lipinski definition) is 4. The lowest BCUT2D eigenvalue weighted by atomic mass is 9.93. The summed E-state index contributed by atoms with van der Waals surface area (Å²) in [6.45, 7) is 1.31. The molecule has 6 nitrogen and oxygen atoms in total. The molecule has 0 aliphatic carbocycles. The van der Waals surface area contributed by atoms with Crippen molar-refractivity contribution in [1.82, 2.24) is 5.32 Å². The molecule has 0 bridgehead atoms. The number of ether oxygens (including phenoxy) is 2. The summed E-state index contributed by atoms with van der Waals surface area (Å²) in [7, 11) is 1.64. The van der Waals surface area contributed by atoms with Gasteiger partial charge in [-0.2, -0.15) is 0 Å². The van der Waals surface area contributed by atoms with E-state index in [1.807, 2.05) is 60.7 Å². The molecule has 0 saturated carbocycles. The zero-order chi connectivity index (χ0) is 22.3. The molecule has 1 unspecified atom stereocenters. The molecule has 0 fully saturated rings. The smallest absolute Gasteiger partial charge is 0.409 e. The summed E-state index contributed by atoms with van der Waals surface area (Å²) < 4.78 is 11.7. The van der Waals surface area contributed by atoms with Crippen molar-refractivity contribution in [3.8, 4) is 11.5 Å². The van der Waals surface area contributed by atoms with Gasteiger partial charge in [-0.3, -0.25) is 5.32 Å². The van der Waals surface area contributed by atoms with E-state index in [-0.39, 0.29) is 6.04 Å². The van der Waals surface area contributed by atoms with Gasteiger partial charge >= 0.3 is 6.09 Å². The van der Waals surface area contributed by atoms with Crippen LogP contribution in [0.25, 0.3) is 6.08 Å². The molecule has 1 heterocycles. The Balaban J connectivity index is 1.57. The van der Waals surface area contributed by atoms with Crippen molar-refractivity contribution in [2.24, 2.45) is 0 Å². The lowest BCUT2D eigenvalue weighted by Gasteiger charge is -2.26. The summed E-state index contributed by atoms with van der Waals surface area (Å²) in [4.78, 5) is 11.1. The molecule has 0 aromatic heterocycles. The average molecular weight is 431 g/mol. The molecule has 0 saturated heterocycles. The normalized spacial score (nSPS) is 15.2. The molecular weight excluding hydrogens is 404 g/mol. The van der Waals surface area contributed by atoms with E-state index in [0.717, 1.165) is 35.4 Å². The number of anilines is 1. The lowest BCUT2D eigenvalue weighted by molar-refractivity contribution is 0.209. The summed E-state index contributed by atoms with van der Waals surface area (Å²) in [5.41, 5.74) is 4.79. The Hall–Kier alpha value is -3.77. The van der Waals surface area contributed by atoms with Crippen LogP contribution in [-0.4, -0.2) is 24.9 Å². The second-order valence-corrected chi connectivity index (χ2v) is 7.53. The molecule has 3 aromatic rings. The van der Waals surface area contributed by atoms with Gasteiger partial charge in [0, 0.05) is 6.54 Å². The molecule has 6 heteroatoms. The fourth-order valence-electron chi connectivity index (χ4n) is 3.85. The number of benzene rings is 3. The maximum absolute atomic E-state index is 11.1. The van der Waals surface area contributed by atoms with Crippen molar-refractivity contribution >= 4 is 17.9 Å². The number of carbonyl (C=O) groups is 1. The van der Waals surface area contributed by atoms with Crippen LogP contribution in [0.1, 0.15) is 28.3 Å². The molecule has 1 aliphatic heterocycles. The summed E-state index contributed by atoms with van der Waals surface area (Å²) >= 11 is 0. The second-order valence-electron chi connectivity index (χ2n) is 7.53. The third kappa shape index (κ3) is 5.10. The fraction of sp³-hybridized carbons (Fsp3) is 0.192. The van der Waals surface area contributed by atoms with E-state index in [9.17, 15) is 4.79 Å². The largest absolute Gasteiger partial charge is 0.493 e. The maximum atomic E-state index is 11.1. The summed E-state index contributed by atoms with van der Waals surface area (Å²) in [5.74, 6) is 1.42. The van der Waals surface area contributed by atoms with Crippen LogP contribution in [-0.2, 0) is 13.0 Å². The van der Waals surface area contributed by atoms with Crippen LogP contribution < -0.4 is 20.1 Å². The van der Waals surface area contributed by atoms with Gasteiger partial charge in [-0.1, -0.05) is 60.7 Å². The van der Waals surface area contributed by atoms with Crippen molar-refractivity contribution in [1.29, 1.82) is 0 Å². The minimum absolute atomic E-state index is 0.0197. The highest BCUT2D eigenvalue weighted by atomic mass is 16.5. The molecule has 1 aliphatic rings. The first-order valence-electron chi connectivity index (χ1n) is 10.5. The number of amides is 1. The number of hydrogen-bond donors (Lipinski definition) is 3. The summed E-state index contributed by atoms with van der Waals surface area (Å²) in [6, 6.07) is 21.4.